The second kappa shape index (κ2) is 49.2. The van der Waals surface area contributed by atoms with Gasteiger partial charge in [0.15, 0.2) is 6.10 Å². The zero-order valence-corrected chi connectivity index (χ0v) is 39.7. The van der Waals surface area contributed by atoms with Crippen LogP contribution < -0.4 is 0 Å². The number of esters is 3. The van der Waals surface area contributed by atoms with E-state index in [1.807, 2.05) is 6.08 Å². The van der Waals surface area contributed by atoms with Crippen molar-refractivity contribution in [1.82, 2.24) is 0 Å². The summed E-state index contributed by atoms with van der Waals surface area (Å²) in [5.41, 5.74) is 0. The average molecular weight is 849 g/mol. The van der Waals surface area contributed by atoms with E-state index in [0.29, 0.717) is 19.3 Å². The molecule has 0 saturated heterocycles. The van der Waals surface area contributed by atoms with E-state index in [9.17, 15) is 14.4 Å². The van der Waals surface area contributed by atoms with Crippen LogP contribution in [0.3, 0.4) is 0 Å². The van der Waals surface area contributed by atoms with Crippen LogP contribution in [-0.4, -0.2) is 37.2 Å². The highest BCUT2D eigenvalue weighted by Gasteiger charge is 2.19. The molecule has 6 nitrogen and oxygen atoms in total. The molecule has 61 heavy (non-hydrogen) atoms. The first kappa shape index (κ1) is 57.6. The zero-order valence-electron chi connectivity index (χ0n) is 39.7. The van der Waals surface area contributed by atoms with Gasteiger partial charge in [-0.1, -0.05) is 215 Å². The molecule has 0 aliphatic rings. The first-order chi connectivity index (χ1) is 30.0. The van der Waals surface area contributed by atoms with E-state index in [0.717, 1.165) is 70.6 Å². The standard InChI is InChI=1S/C55H92O6/c1-4-7-10-13-16-19-22-25-26-27-28-31-33-36-39-42-45-48-54(57)60-51-52(61-55(58)49-46-43-40-37-34-30-24-21-18-15-12-9-6-3)50-59-53(56)47-44-41-38-35-32-29-23-20-17-14-11-8-5-2/h7,10,16,19,25-26,28,30-31,34,36,39-40,43,52H,4-6,8-9,11-15,17-18,20-24,27,29,32-33,35,37-38,41-42,44-51H2,1-3H3/b10-7+,19-16+,26-25+,31-28+,34-30+,39-36+,43-40+. The highest BCUT2D eigenvalue weighted by Crippen LogP contribution is 2.14. The number of carbonyl (C=O) groups excluding carboxylic acids is 3. The van der Waals surface area contributed by atoms with Crippen molar-refractivity contribution in [1.29, 1.82) is 0 Å². The largest absolute Gasteiger partial charge is 0.462 e. The summed E-state index contributed by atoms with van der Waals surface area (Å²) in [7, 11) is 0. The van der Waals surface area contributed by atoms with Gasteiger partial charge in [-0.2, -0.15) is 0 Å². The summed E-state index contributed by atoms with van der Waals surface area (Å²) in [4.78, 5) is 37.8. The third-order valence-electron chi connectivity index (χ3n) is 10.4. The summed E-state index contributed by atoms with van der Waals surface area (Å²) in [5.74, 6) is -1.05. The second-order valence-corrected chi connectivity index (χ2v) is 16.3. The molecule has 0 aliphatic carbocycles. The van der Waals surface area contributed by atoms with E-state index >= 15 is 0 Å². The van der Waals surface area contributed by atoms with Gasteiger partial charge in [0, 0.05) is 19.3 Å². The van der Waals surface area contributed by atoms with Crippen molar-refractivity contribution < 1.29 is 28.6 Å². The Balaban J connectivity index is 4.53. The number of rotatable bonds is 44. The molecule has 0 aromatic rings. The van der Waals surface area contributed by atoms with Crippen LogP contribution in [0, 0.1) is 0 Å². The molecule has 0 aliphatic heterocycles. The minimum Gasteiger partial charge on any atom is -0.462 e. The van der Waals surface area contributed by atoms with Gasteiger partial charge < -0.3 is 14.2 Å². The van der Waals surface area contributed by atoms with E-state index in [-0.39, 0.29) is 38.0 Å². The first-order valence-corrected chi connectivity index (χ1v) is 25.1. The van der Waals surface area contributed by atoms with Gasteiger partial charge in [0.2, 0.25) is 0 Å². The average Bonchev–Trinajstić information content (AvgIpc) is 3.26. The van der Waals surface area contributed by atoms with Crippen LogP contribution in [0.1, 0.15) is 226 Å². The number of carbonyl (C=O) groups is 3. The third-order valence-corrected chi connectivity index (χ3v) is 10.4. The van der Waals surface area contributed by atoms with Gasteiger partial charge in [-0.25, -0.2) is 0 Å². The van der Waals surface area contributed by atoms with Gasteiger partial charge in [-0.3, -0.25) is 14.4 Å². The SMILES string of the molecule is CC/C=C/C/C=C/C/C=C/C/C=C/C/C=C/CCCC(=O)OCC(COC(=O)CCCCCCCCCCCCCCC)OC(=O)CC/C=C/C/C=C/CCCCCCCC. The fraction of sp³-hybridized carbons (Fsp3) is 0.691. The number of hydrogen-bond donors (Lipinski definition) is 0. The van der Waals surface area contributed by atoms with Crippen molar-refractivity contribution in [2.24, 2.45) is 0 Å². The molecular weight excluding hydrogens is 757 g/mol. The Morgan fingerprint density at radius 3 is 1.13 bits per heavy atom. The maximum Gasteiger partial charge on any atom is 0.306 e. The molecule has 0 amide bonds. The lowest BCUT2D eigenvalue weighted by molar-refractivity contribution is -0.166. The third kappa shape index (κ3) is 47.5. The molecule has 0 heterocycles. The Morgan fingerprint density at radius 2 is 0.689 bits per heavy atom. The first-order valence-electron chi connectivity index (χ1n) is 25.1. The van der Waals surface area contributed by atoms with E-state index in [2.05, 4.69) is 99.8 Å². The summed E-state index contributed by atoms with van der Waals surface area (Å²) < 4.78 is 16.7. The Labute approximate surface area is 375 Å². The molecule has 0 fully saturated rings. The molecule has 6 heteroatoms. The molecule has 0 saturated carbocycles. The van der Waals surface area contributed by atoms with Gasteiger partial charge in [0.05, 0.1) is 0 Å². The molecule has 0 aromatic carbocycles. The van der Waals surface area contributed by atoms with Gasteiger partial charge in [0.1, 0.15) is 13.2 Å². The van der Waals surface area contributed by atoms with Crippen LogP contribution in [0.4, 0.5) is 0 Å². The molecule has 0 spiro atoms. The molecule has 0 aromatic heterocycles. The quantitative estimate of drug-likeness (QED) is 0.0263. The normalized spacial score (nSPS) is 12.8. The molecule has 1 unspecified atom stereocenters. The van der Waals surface area contributed by atoms with Gasteiger partial charge in [-0.05, 0) is 77.0 Å². The minimum atomic E-state index is -0.827. The lowest BCUT2D eigenvalue weighted by Crippen LogP contribution is -2.30. The fourth-order valence-corrected chi connectivity index (χ4v) is 6.65. The lowest BCUT2D eigenvalue weighted by atomic mass is 10.0. The Bertz CT molecular complexity index is 1200. The molecule has 1 atom stereocenters. The van der Waals surface area contributed by atoms with Crippen LogP contribution >= 0.6 is 0 Å². The van der Waals surface area contributed by atoms with Crippen molar-refractivity contribution in [3.63, 3.8) is 0 Å². The number of hydrogen-bond acceptors (Lipinski definition) is 6. The summed E-state index contributed by atoms with van der Waals surface area (Å²) in [6.07, 6.45) is 63.0. The summed E-state index contributed by atoms with van der Waals surface area (Å²) >= 11 is 0. The van der Waals surface area contributed by atoms with Crippen molar-refractivity contribution >= 4 is 17.9 Å². The smallest absolute Gasteiger partial charge is 0.306 e. The minimum absolute atomic E-state index is 0.116. The van der Waals surface area contributed by atoms with E-state index in [4.69, 9.17) is 14.2 Å². The Kier molecular flexibility index (Phi) is 46.5. The van der Waals surface area contributed by atoms with Crippen LogP contribution in [0.5, 0.6) is 0 Å². The Morgan fingerprint density at radius 1 is 0.344 bits per heavy atom. The number of ether oxygens (including phenoxy) is 3. The number of unbranched alkanes of at least 4 members (excludes halogenated alkanes) is 19. The van der Waals surface area contributed by atoms with Crippen LogP contribution in [0.2, 0.25) is 0 Å². The molecule has 0 radical (unpaired) electrons. The summed E-state index contributed by atoms with van der Waals surface area (Å²) in [6.45, 7) is 6.41. The van der Waals surface area contributed by atoms with Crippen molar-refractivity contribution in [2.75, 3.05) is 13.2 Å². The van der Waals surface area contributed by atoms with Crippen molar-refractivity contribution in [3.05, 3.63) is 85.1 Å². The number of allylic oxidation sites excluding steroid dienone is 14. The van der Waals surface area contributed by atoms with Gasteiger partial charge in [0.25, 0.3) is 0 Å². The van der Waals surface area contributed by atoms with Crippen LogP contribution in [0.15, 0.2) is 85.1 Å². The summed E-state index contributed by atoms with van der Waals surface area (Å²) in [5, 5.41) is 0. The Hall–Kier alpha value is -3.41. The molecule has 0 N–H and O–H groups in total. The molecule has 0 rings (SSSR count). The lowest BCUT2D eigenvalue weighted by Gasteiger charge is -2.18. The molecule has 0 bridgehead atoms. The van der Waals surface area contributed by atoms with Crippen molar-refractivity contribution in [3.8, 4) is 0 Å². The van der Waals surface area contributed by atoms with E-state index < -0.39 is 12.1 Å². The zero-order chi connectivity index (χ0) is 44.4. The topological polar surface area (TPSA) is 78.9 Å². The molecular formula is C55H92O6. The second-order valence-electron chi connectivity index (χ2n) is 16.3. The highest BCUT2D eigenvalue weighted by molar-refractivity contribution is 5.71. The summed E-state index contributed by atoms with van der Waals surface area (Å²) in [6, 6.07) is 0. The highest BCUT2D eigenvalue weighted by atomic mass is 16.6. The van der Waals surface area contributed by atoms with Crippen LogP contribution in [-0.2, 0) is 28.6 Å². The molecule has 348 valence electrons. The van der Waals surface area contributed by atoms with Crippen molar-refractivity contribution in [2.45, 2.75) is 232 Å². The van der Waals surface area contributed by atoms with Gasteiger partial charge in [-0.15, -0.1) is 0 Å². The maximum absolute atomic E-state index is 12.7. The van der Waals surface area contributed by atoms with E-state index in [1.165, 1.54) is 103 Å². The van der Waals surface area contributed by atoms with Gasteiger partial charge >= 0.3 is 17.9 Å². The maximum atomic E-state index is 12.7. The fourth-order valence-electron chi connectivity index (χ4n) is 6.65. The predicted molar refractivity (Wildman–Crippen MR) is 261 cm³/mol. The monoisotopic (exact) mass is 849 g/mol. The predicted octanol–water partition coefficient (Wildman–Crippen LogP) is 16.4. The van der Waals surface area contributed by atoms with E-state index in [1.54, 1.807) is 0 Å². The van der Waals surface area contributed by atoms with Crippen LogP contribution in [0.25, 0.3) is 0 Å².